The summed E-state index contributed by atoms with van der Waals surface area (Å²) in [6, 6.07) is 30.6. The average Bonchev–Trinajstić information content (AvgIpc) is 3.00. The molecule has 0 radical (unpaired) electrons. The highest BCUT2D eigenvalue weighted by atomic mass is 15.1. The van der Waals surface area contributed by atoms with E-state index in [9.17, 15) is 0 Å². The molecule has 1 N–H and O–H groups in total. The SMILES string of the molecule is C=CN=C(C)NC1=C(C(c2ccccc2)c2ccccc2)CN(Cc2ccc(C)cc2)CC1.CC.CC.CC. The van der Waals surface area contributed by atoms with Crippen LogP contribution >= 0.6 is 0 Å². The lowest BCUT2D eigenvalue weighted by atomic mass is 9.82. The first-order valence-corrected chi connectivity index (χ1v) is 14.7. The van der Waals surface area contributed by atoms with E-state index in [4.69, 9.17) is 0 Å². The molecule has 0 saturated heterocycles. The molecule has 1 heterocycles. The Labute approximate surface area is 239 Å². The number of benzene rings is 3. The lowest BCUT2D eigenvalue weighted by Crippen LogP contribution is -2.37. The second-order valence-electron chi connectivity index (χ2n) is 8.73. The van der Waals surface area contributed by atoms with Crippen molar-refractivity contribution < 1.29 is 0 Å². The van der Waals surface area contributed by atoms with Gasteiger partial charge in [-0.2, -0.15) is 0 Å². The topological polar surface area (TPSA) is 27.6 Å². The number of nitrogens with zero attached hydrogens (tertiary/aromatic N) is 2. The standard InChI is InChI=1S/C30H33N3.3C2H6/c1-4-31-24(3)32-29-19-20-33(21-25-17-15-23(2)16-18-25)22-28(29)30(26-11-7-5-8-12-26)27-13-9-6-10-14-27;3*1-2/h4-18,30H,1,19-22H2,2-3H3,(H,31,32);3*1-2H3. The molecule has 3 nitrogen and oxygen atoms in total. The Morgan fingerprint density at radius 2 is 1.36 bits per heavy atom. The molecule has 0 aliphatic carbocycles. The third-order valence-electron chi connectivity index (χ3n) is 6.22. The number of hydrogen-bond acceptors (Lipinski definition) is 2. The average molecular weight is 526 g/mol. The summed E-state index contributed by atoms with van der Waals surface area (Å²) in [6.07, 6.45) is 2.56. The number of rotatable bonds is 7. The van der Waals surface area contributed by atoms with Crippen molar-refractivity contribution in [3.63, 3.8) is 0 Å². The van der Waals surface area contributed by atoms with Crippen LogP contribution in [0.3, 0.4) is 0 Å². The van der Waals surface area contributed by atoms with Gasteiger partial charge in [0.15, 0.2) is 0 Å². The molecule has 0 bridgehead atoms. The maximum atomic E-state index is 4.37. The van der Waals surface area contributed by atoms with E-state index in [2.05, 4.69) is 114 Å². The molecule has 3 heteroatoms. The first-order valence-electron chi connectivity index (χ1n) is 14.7. The minimum atomic E-state index is 0.187. The smallest absolute Gasteiger partial charge is 0.102 e. The number of hydrogen-bond donors (Lipinski definition) is 1. The second-order valence-corrected chi connectivity index (χ2v) is 8.73. The largest absolute Gasteiger partial charge is 0.347 e. The molecule has 0 fully saturated rings. The quantitative estimate of drug-likeness (QED) is 0.246. The minimum absolute atomic E-state index is 0.187. The highest BCUT2D eigenvalue weighted by molar-refractivity contribution is 5.82. The summed E-state index contributed by atoms with van der Waals surface area (Å²) in [5.41, 5.74) is 7.97. The summed E-state index contributed by atoms with van der Waals surface area (Å²) in [5, 5.41) is 3.61. The van der Waals surface area contributed by atoms with Crippen LogP contribution in [0, 0.1) is 6.92 Å². The van der Waals surface area contributed by atoms with Crippen molar-refractivity contribution in [3.8, 4) is 0 Å². The molecule has 3 aromatic rings. The van der Waals surface area contributed by atoms with Gasteiger partial charge in [0, 0.05) is 43.9 Å². The maximum absolute atomic E-state index is 4.37. The summed E-state index contributed by atoms with van der Waals surface area (Å²) in [6.45, 7) is 22.8. The van der Waals surface area contributed by atoms with Crippen LogP contribution in [-0.4, -0.2) is 23.8 Å². The van der Waals surface area contributed by atoms with E-state index in [1.807, 2.05) is 48.5 Å². The molecule has 3 aromatic carbocycles. The van der Waals surface area contributed by atoms with Gasteiger partial charge in [0.1, 0.15) is 5.84 Å². The van der Waals surface area contributed by atoms with Crippen molar-refractivity contribution in [1.82, 2.24) is 10.2 Å². The predicted molar refractivity (Wildman–Crippen MR) is 173 cm³/mol. The molecule has 0 spiro atoms. The summed E-state index contributed by atoms with van der Waals surface area (Å²) in [5.74, 6) is 1.07. The van der Waals surface area contributed by atoms with E-state index in [0.29, 0.717) is 0 Å². The van der Waals surface area contributed by atoms with Crippen LogP contribution in [0.4, 0.5) is 0 Å². The van der Waals surface area contributed by atoms with Gasteiger partial charge in [0.2, 0.25) is 0 Å². The molecule has 0 amide bonds. The fourth-order valence-electron chi connectivity index (χ4n) is 4.61. The Morgan fingerprint density at radius 1 is 0.846 bits per heavy atom. The minimum Gasteiger partial charge on any atom is -0.347 e. The van der Waals surface area contributed by atoms with Crippen LogP contribution in [0.1, 0.15) is 83.1 Å². The molecule has 39 heavy (non-hydrogen) atoms. The monoisotopic (exact) mass is 525 g/mol. The Hall–Kier alpha value is -3.43. The first kappa shape index (κ1) is 33.6. The van der Waals surface area contributed by atoms with Gasteiger partial charge < -0.3 is 5.32 Å². The first-order chi connectivity index (χ1) is 19.1. The molecule has 0 unspecified atom stereocenters. The number of aliphatic imine (C=N–C) groups is 1. The zero-order valence-electron chi connectivity index (χ0n) is 25.7. The van der Waals surface area contributed by atoms with Gasteiger partial charge in [-0.05, 0) is 36.1 Å². The van der Waals surface area contributed by atoms with E-state index < -0.39 is 0 Å². The highest BCUT2D eigenvalue weighted by Gasteiger charge is 2.28. The zero-order chi connectivity index (χ0) is 29.0. The molecule has 0 aromatic heterocycles. The number of amidine groups is 1. The Bertz CT molecular complexity index is 1070. The molecule has 210 valence electrons. The number of aryl methyl sites for hydroxylation is 1. The Morgan fingerprint density at radius 3 is 1.85 bits per heavy atom. The van der Waals surface area contributed by atoms with E-state index in [-0.39, 0.29) is 5.92 Å². The van der Waals surface area contributed by atoms with Crippen LogP contribution < -0.4 is 5.32 Å². The van der Waals surface area contributed by atoms with E-state index in [1.165, 1.54) is 33.5 Å². The Kier molecular flexibility index (Phi) is 16.9. The van der Waals surface area contributed by atoms with Crippen molar-refractivity contribution >= 4 is 5.84 Å². The fraction of sp³-hybridized carbons (Fsp3) is 0.361. The van der Waals surface area contributed by atoms with Gasteiger partial charge in [-0.25, -0.2) is 4.99 Å². The third kappa shape index (κ3) is 10.7. The summed E-state index contributed by atoms with van der Waals surface area (Å²) < 4.78 is 0. The van der Waals surface area contributed by atoms with E-state index >= 15 is 0 Å². The lowest BCUT2D eigenvalue weighted by Gasteiger charge is -2.35. The zero-order valence-corrected chi connectivity index (χ0v) is 25.7. The van der Waals surface area contributed by atoms with Crippen LogP contribution in [0.25, 0.3) is 0 Å². The van der Waals surface area contributed by atoms with Crippen molar-refractivity contribution in [3.05, 3.63) is 131 Å². The van der Waals surface area contributed by atoms with E-state index in [0.717, 1.165) is 31.9 Å². The van der Waals surface area contributed by atoms with E-state index in [1.54, 1.807) is 6.20 Å². The number of nitrogens with one attached hydrogen (secondary N) is 1. The summed E-state index contributed by atoms with van der Waals surface area (Å²) >= 11 is 0. The van der Waals surface area contributed by atoms with Gasteiger partial charge >= 0.3 is 0 Å². The van der Waals surface area contributed by atoms with Crippen LogP contribution in [-0.2, 0) is 6.54 Å². The van der Waals surface area contributed by atoms with Gasteiger partial charge in [-0.3, -0.25) is 4.90 Å². The molecular formula is C36H51N3. The van der Waals surface area contributed by atoms with Crippen molar-refractivity contribution in [2.24, 2.45) is 4.99 Å². The summed E-state index contributed by atoms with van der Waals surface area (Å²) in [7, 11) is 0. The third-order valence-corrected chi connectivity index (χ3v) is 6.22. The lowest BCUT2D eigenvalue weighted by molar-refractivity contribution is 0.270. The molecular weight excluding hydrogens is 474 g/mol. The molecule has 0 atom stereocenters. The molecule has 1 aliphatic heterocycles. The maximum Gasteiger partial charge on any atom is 0.102 e. The van der Waals surface area contributed by atoms with Gasteiger partial charge in [-0.1, -0.05) is 139 Å². The predicted octanol–water partition coefficient (Wildman–Crippen LogP) is 9.52. The van der Waals surface area contributed by atoms with Crippen molar-refractivity contribution in [2.45, 2.75) is 74.3 Å². The highest BCUT2D eigenvalue weighted by Crippen LogP contribution is 2.36. The van der Waals surface area contributed by atoms with Crippen LogP contribution in [0.5, 0.6) is 0 Å². The van der Waals surface area contributed by atoms with Crippen LogP contribution in [0.2, 0.25) is 0 Å². The Balaban J connectivity index is 0.00000119. The van der Waals surface area contributed by atoms with Crippen molar-refractivity contribution in [1.29, 1.82) is 0 Å². The molecule has 1 aliphatic rings. The van der Waals surface area contributed by atoms with Crippen LogP contribution in [0.15, 0.2) is 114 Å². The van der Waals surface area contributed by atoms with Crippen molar-refractivity contribution in [2.75, 3.05) is 13.1 Å². The fourth-order valence-corrected chi connectivity index (χ4v) is 4.61. The normalized spacial score (nSPS) is 13.2. The van der Waals surface area contributed by atoms with Gasteiger partial charge in [0.25, 0.3) is 0 Å². The molecule has 4 rings (SSSR count). The second kappa shape index (κ2) is 19.6. The van der Waals surface area contributed by atoms with Gasteiger partial charge in [0.05, 0.1) is 0 Å². The van der Waals surface area contributed by atoms with Gasteiger partial charge in [-0.15, -0.1) is 0 Å². The molecule has 0 saturated carbocycles. The summed E-state index contributed by atoms with van der Waals surface area (Å²) in [4.78, 5) is 6.93.